The Morgan fingerprint density at radius 3 is 2.96 bits per heavy atom. The number of carbonyl (C=O) groups excluding carboxylic acids is 1. The van der Waals surface area contributed by atoms with Gasteiger partial charge in [0.05, 0.1) is 18.2 Å². The highest BCUT2D eigenvalue weighted by Gasteiger charge is 2.35. The SMILES string of the molecule is CC(C)n1nccc1[C@@H]1OCCC[C@H]1C(=O)NCc1cccc(CO)c1. The number of amides is 1. The minimum Gasteiger partial charge on any atom is -0.392 e. The van der Waals surface area contributed by atoms with E-state index in [4.69, 9.17) is 4.74 Å². The summed E-state index contributed by atoms with van der Waals surface area (Å²) in [6.07, 6.45) is 3.18. The summed E-state index contributed by atoms with van der Waals surface area (Å²) in [5.74, 6) is -0.223. The first-order chi connectivity index (χ1) is 12.6. The van der Waals surface area contributed by atoms with Gasteiger partial charge < -0.3 is 15.2 Å². The fraction of sp³-hybridized carbons (Fsp3) is 0.500. The third-order valence-corrected chi connectivity index (χ3v) is 4.78. The molecule has 0 radical (unpaired) electrons. The molecule has 0 bridgehead atoms. The van der Waals surface area contributed by atoms with Gasteiger partial charge in [0.15, 0.2) is 0 Å². The van der Waals surface area contributed by atoms with Crippen LogP contribution in [0, 0.1) is 5.92 Å². The largest absolute Gasteiger partial charge is 0.392 e. The van der Waals surface area contributed by atoms with Gasteiger partial charge in [-0.15, -0.1) is 0 Å². The van der Waals surface area contributed by atoms with E-state index >= 15 is 0 Å². The maximum Gasteiger partial charge on any atom is 0.226 e. The summed E-state index contributed by atoms with van der Waals surface area (Å²) < 4.78 is 7.91. The maximum absolute atomic E-state index is 12.8. The zero-order valence-electron chi connectivity index (χ0n) is 15.4. The van der Waals surface area contributed by atoms with Crippen molar-refractivity contribution >= 4 is 5.91 Å². The minimum atomic E-state index is -0.266. The molecule has 0 spiro atoms. The van der Waals surface area contributed by atoms with Gasteiger partial charge in [0.1, 0.15) is 6.10 Å². The molecule has 1 aliphatic heterocycles. The van der Waals surface area contributed by atoms with E-state index in [1.165, 1.54) is 0 Å². The van der Waals surface area contributed by atoms with E-state index in [0.29, 0.717) is 13.2 Å². The Morgan fingerprint density at radius 1 is 1.38 bits per heavy atom. The van der Waals surface area contributed by atoms with Crippen LogP contribution >= 0.6 is 0 Å². The molecule has 1 aromatic heterocycles. The first-order valence-electron chi connectivity index (χ1n) is 9.21. The molecule has 2 N–H and O–H groups in total. The van der Waals surface area contributed by atoms with Gasteiger partial charge in [0, 0.05) is 25.4 Å². The molecular formula is C20H27N3O3. The number of nitrogens with zero attached hydrogens (tertiary/aromatic N) is 2. The molecular weight excluding hydrogens is 330 g/mol. The van der Waals surface area contributed by atoms with Gasteiger partial charge in [-0.2, -0.15) is 5.10 Å². The zero-order valence-corrected chi connectivity index (χ0v) is 15.4. The monoisotopic (exact) mass is 357 g/mol. The molecule has 1 saturated heterocycles. The van der Waals surface area contributed by atoms with E-state index < -0.39 is 0 Å². The van der Waals surface area contributed by atoms with Gasteiger partial charge in [-0.3, -0.25) is 9.48 Å². The van der Waals surface area contributed by atoms with Crippen LogP contribution in [0.4, 0.5) is 0 Å². The Labute approximate surface area is 154 Å². The van der Waals surface area contributed by atoms with E-state index in [9.17, 15) is 9.90 Å². The number of ether oxygens (including phenoxy) is 1. The number of benzene rings is 1. The average Bonchev–Trinajstić information content (AvgIpc) is 3.16. The van der Waals surface area contributed by atoms with E-state index in [1.807, 2.05) is 35.0 Å². The van der Waals surface area contributed by atoms with Crippen LogP contribution < -0.4 is 5.32 Å². The first-order valence-corrected chi connectivity index (χ1v) is 9.21. The van der Waals surface area contributed by atoms with Crippen molar-refractivity contribution < 1.29 is 14.6 Å². The van der Waals surface area contributed by atoms with E-state index in [1.54, 1.807) is 6.20 Å². The van der Waals surface area contributed by atoms with Gasteiger partial charge >= 0.3 is 0 Å². The predicted molar refractivity (Wildman–Crippen MR) is 98.2 cm³/mol. The lowest BCUT2D eigenvalue weighted by Crippen LogP contribution is -2.38. The number of hydrogen-bond acceptors (Lipinski definition) is 4. The summed E-state index contributed by atoms with van der Waals surface area (Å²) in [5.41, 5.74) is 2.78. The molecule has 2 atom stereocenters. The van der Waals surface area contributed by atoms with E-state index in [2.05, 4.69) is 24.3 Å². The first kappa shape index (κ1) is 18.6. The van der Waals surface area contributed by atoms with Crippen molar-refractivity contribution in [2.75, 3.05) is 6.61 Å². The number of rotatable bonds is 6. The predicted octanol–water partition coefficient (Wildman–Crippen LogP) is 2.74. The standard InChI is InChI=1S/C20H27N3O3/c1-14(2)23-18(8-9-22-23)19-17(7-4-10-26-19)20(25)21-12-15-5-3-6-16(11-15)13-24/h3,5-6,8-9,11,14,17,19,24H,4,7,10,12-13H2,1-2H3,(H,21,25)/t17-,19-/m1/s1. The van der Waals surface area contributed by atoms with Gasteiger partial charge in [-0.05, 0) is 43.9 Å². The molecule has 3 rings (SSSR count). The highest BCUT2D eigenvalue weighted by atomic mass is 16.5. The third kappa shape index (κ3) is 4.14. The van der Waals surface area contributed by atoms with Crippen molar-refractivity contribution in [2.24, 2.45) is 5.92 Å². The minimum absolute atomic E-state index is 0.000479. The summed E-state index contributed by atoms with van der Waals surface area (Å²) in [7, 11) is 0. The smallest absolute Gasteiger partial charge is 0.226 e. The van der Waals surface area contributed by atoms with Gasteiger partial charge in [-0.25, -0.2) is 0 Å². The molecule has 6 heteroatoms. The molecule has 1 aliphatic rings. The number of nitrogens with one attached hydrogen (secondary N) is 1. The van der Waals surface area contributed by atoms with Crippen molar-refractivity contribution in [2.45, 2.75) is 52.0 Å². The Hall–Kier alpha value is -2.18. The van der Waals surface area contributed by atoms with Crippen LogP contribution in [0.25, 0.3) is 0 Å². The molecule has 1 fully saturated rings. The van der Waals surface area contributed by atoms with Crippen LogP contribution in [0.5, 0.6) is 0 Å². The number of aliphatic hydroxyl groups is 1. The molecule has 26 heavy (non-hydrogen) atoms. The van der Waals surface area contributed by atoms with E-state index in [0.717, 1.165) is 29.7 Å². The van der Waals surface area contributed by atoms with Gasteiger partial charge in [0.2, 0.25) is 5.91 Å². The summed E-state index contributed by atoms with van der Waals surface area (Å²) in [4.78, 5) is 12.8. The normalized spacial score (nSPS) is 20.3. The highest BCUT2D eigenvalue weighted by molar-refractivity contribution is 5.79. The van der Waals surface area contributed by atoms with Crippen molar-refractivity contribution in [1.29, 1.82) is 0 Å². The fourth-order valence-corrected chi connectivity index (χ4v) is 3.48. The molecule has 0 unspecified atom stereocenters. The number of hydrogen-bond donors (Lipinski definition) is 2. The van der Waals surface area contributed by atoms with E-state index in [-0.39, 0.29) is 30.6 Å². The second-order valence-electron chi connectivity index (χ2n) is 7.03. The third-order valence-electron chi connectivity index (χ3n) is 4.78. The molecule has 0 saturated carbocycles. The second kappa shape index (κ2) is 8.47. The van der Waals surface area contributed by atoms with Crippen molar-refractivity contribution in [1.82, 2.24) is 15.1 Å². The topological polar surface area (TPSA) is 76.4 Å². The van der Waals surface area contributed by atoms with Gasteiger partial charge in [0.25, 0.3) is 0 Å². The van der Waals surface area contributed by atoms with Crippen molar-refractivity contribution in [3.63, 3.8) is 0 Å². The van der Waals surface area contributed by atoms with Crippen LogP contribution in [-0.2, 0) is 22.7 Å². The van der Waals surface area contributed by atoms with Crippen molar-refractivity contribution in [3.8, 4) is 0 Å². The highest BCUT2D eigenvalue weighted by Crippen LogP contribution is 2.34. The molecule has 140 valence electrons. The van der Waals surface area contributed by atoms with Crippen molar-refractivity contribution in [3.05, 3.63) is 53.3 Å². The lowest BCUT2D eigenvalue weighted by atomic mass is 9.91. The Bertz CT molecular complexity index is 741. The average molecular weight is 357 g/mol. The Morgan fingerprint density at radius 2 is 2.19 bits per heavy atom. The quantitative estimate of drug-likeness (QED) is 0.833. The number of carbonyl (C=O) groups is 1. The Kier molecular flexibility index (Phi) is 6.06. The molecule has 2 heterocycles. The molecule has 1 amide bonds. The fourth-order valence-electron chi connectivity index (χ4n) is 3.48. The lowest BCUT2D eigenvalue weighted by molar-refractivity contribution is -0.135. The lowest BCUT2D eigenvalue weighted by Gasteiger charge is -2.31. The van der Waals surface area contributed by atoms with Crippen LogP contribution in [0.1, 0.15) is 55.7 Å². The maximum atomic E-state index is 12.8. The molecule has 6 nitrogen and oxygen atoms in total. The van der Waals surface area contributed by atoms with Crippen LogP contribution in [0.2, 0.25) is 0 Å². The van der Waals surface area contributed by atoms with Crippen LogP contribution in [0.3, 0.4) is 0 Å². The summed E-state index contributed by atoms with van der Waals surface area (Å²) in [6.45, 7) is 5.25. The summed E-state index contributed by atoms with van der Waals surface area (Å²) in [5, 5.41) is 16.7. The van der Waals surface area contributed by atoms with Crippen LogP contribution in [0.15, 0.2) is 36.5 Å². The zero-order chi connectivity index (χ0) is 18.5. The second-order valence-corrected chi connectivity index (χ2v) is 7.03. The molecule has 1 aromatic carbocycles. The van der Waals surface area contributed by atoms with Crippen LogP contribution in [-0.4, -0.2) is 27.4 Å². The Balaban J connectivity index is 1.70. The number of aromatic nitrogens is 2. The molecule has 2 aromatic rings. The summed E-state index contributed by atoms with van der Waals surface area (Å²) in [6, 6.07) is 9.77. The summed E-state index contributed by atoms with van der Waals surface area (Å²) >= 11 is 0. The number of aliphatic hydroxyl groups excluding tert-OH is 1. The van der Waals surface area contributed by atoms with Gasteiger partial charge in [-0.1, -0.05) is 24.3 Å². The molecule has 0 aliphatic carbocycles.